The van der Waals surface area contributed by atoms with Gasteiger partial charge in [0.2, 0.25) is 5.88 Å². The summed E-state index contributed by atoms with van der Waals surface area (Å²) in [5, 5.41) is 0. The van der Waals surface area contributed by atoms with Gasteiger partial charge in [-0.3, -0.25) is 4.79 Å². The average molecular weight is 349 g/mol. The number of carbonyl (C=O) groups excluding carboxylic acids is 1. The molecular weight excluding hydrogens is 345 g/mol. The van der Waals surface area contributed by atoms with Gasteiger partial charge in [-0.25, -0.2) is 9.37 Å². The van der Waals surface area contributed by atoms with Crippen molar-refractivity contribution in [3.63, 3.8) is 0 Å². The maximum absolute atomic E-state index is 12.4. The van der Waals surface area contributed by atoms with Gasteiger partial charge in [0.15, 0.2) is 6.29 Å². The molecule has 0 radical (unpaired) electrons. The van der Waals surface area contributed by atoms with Gasteiger partial charge >= 0.3 is 6.36 Å². The van der Waals surface area contributed by atoms with Crippen molar-refractivity contribution in [1.82, 2.24) is 4.98 Å². The molecule has 0 saturated heterocycles. The Bertz CT molecular complexity index is 408. The van der Waals surface area contributed by atoms with Crippen LogP contribution in [-0.2, 0) is 6.67 Å². The summed E-state index contributed by atoms with van der Waals surface area (Å²) < 4.78 is 51.6. The van der Waals surface area contributed by atoms with Gasteiger partial charge in [-0.2, -0.15) is 0 Å². The molecular formula is C8H4F4INO2. The number of nitrogens with zero attached hydrogens (tertiary/aromatic N) is 1. The molecule has 0 saturated carbocycles. The number of aromatic nitrogens is 1. The lowest BCUT2D eigenvalue weighted by Crippen LogP contribution is -2.19. The third-order valence-electron chi connectivity index (χ3n) is 1.52. The van der Waals surface area contributed by atoms with Gasteiger partial charge in [0, 0.05) is 5.56 Å². The second-order valence-electron chi connectivity index (χ2n) is 2.61. The molecule has 1 aromatic rings. The molecule has 0 fully saturated rings. The van der Waals surface area contributed by atoms with Crippen LogP contribution in [0.15, 0.2) is 6.07 Å². The normalized spacial score (nSPS) is 11.3. The fraction of sp³-hybridized carbons (Fsp3) is 0.250. The van der Waals surface area contributed by atoms with E-state index >= 15 is 0 Å². The summed E-state index contributed by atoms with van der Waals surface area (Å²) in [5.41, 5.74) is -0.476. The Balaban J connectivity index is 3.16. The van der Waals surface area contributed by atoms with Gasteiger partial charge in [-0.1, -0.05) is 0 Å². The highest BCUT2D eigenvalue weighted by Crippen LogP contribution is 2.27. The first-order valence-electron chi connectivity index (χ1n) is 3.83. The molecule has 0 N–H and O–H groups in total. The second kappa shape index (κ2) is 4.93. The third-order valence-corrected chi connectivity index (χ3v) is 2.30. The molecule has 0 aromatic carbocycles. The molecule has 0 aliphatic carbocycles. The zero-order valence-corrected chi connectivity index (χ0v) is 9.67. The number of alkyl halides is 4. The Morgan fingerprint density at radius 1 is 1.50 bits per heavy atom. The summed E-state index contributed by atoms with van der Waals surface area (Å²) in [6.07, 6.45) is -4.58. The van der Waals surface area contributed by atoms with Gasteiger partial charge in [0.25, 0.3) is 0 Å². The Morgan fingerprint density at radius 3 is 2.56 bits per heavy atom. The number of hydrogen-bond donors (Lipinski definition) is 0. The van der Waals surface area contributed by atoms with Gasteiger partial charge in [0.1, 0.15) is 6.67 Å². The molecule has 8 heteroatoms. The van der Waals surface area contributed by atoms with E-state index in [4.69, 9.17) is 0 Å². The smallest absolute Gasteiger partial charge is 0.387 e. The number of ether oxygens (including phenoxy) is 1. The van der Waals surface area contributed by atoms with Crippen LogP contribution >= 0.6 is 22.6 Å². The first-order chi connectivity index (χ1) is 7.37. The number of rotatable bonds is 3. The van der Waals surface area contributed by atoms with Crippen molar-refractivity contribution in [3.8, 4) is 5.88 Å². The van der Waals surface area contributed by atoms with Crippen LogP contribution in [0.1, 0.15) is 16.1 Å². The van der Waals surface area contributed by atoms with E-state index in [0.717, 1.165) is 6.07 Å². The molecule has 1 heterocycles. The zero-order chi connectivity index (χ0) is 12.3. The molecule has 0 unspecified atom stereocenters. The van der Waals surface area contributed by atoms with Crippen LogP contribution in [0.25, 0.3) is 0 Å². The lowest BCUT2D eigenvalue weighted by atomic mass is 10.2. The van der Waals surface area contributed by atoms with Crippen molar-refractivity contribution < 1.29 is 27.1 Å². The number of aldehydes is 1. The fourth-order valence-electron chi connectivity index (χ4n) is 0.912. The number of carbonyl (C=O) groups is 1. The standard InChI is InChI=1S/C8H4F4INO2/c9-2-6-4(3-15)1-5(13)7(14-6)16-8(10,11)12/h1,3H,2H2. The number of pyridine rings is 1. The van der Waals surface area contributed by atoms with E-state index in [1.165, 1.54) is 22.6 Å². The SMILES string of the molecule is O=Cc1cc(I)c(OC(F)(F)F)nc1CF. The molecule has 3 nitrogen and oxygen atoms in total. The van der Waals surface area contributed by atoms with Crippen molar-refractivity contribution >= 4 is 28.9 Å². The van der Waals surface area contributed by atoms with Crippen molar-refractivity contribution in [2.45, 2.75) is 13.0 Å². The molecule has 1 aromatic heterocycles. The van der Waals surface area contributed by atoms with E-state index in [-0.39, 0.29) is 14.8 Å². The minimum Gasteiger partial charge on any atom is -0.387 e. The summed E-state index contributed by atoms with van der Waals surface area (Å²) in [4.78, 5) is 13.8. The summed E-state index contributed by atoms with van der Waals surface area (Å²) in [6.45, 7) is -1.14. The van der Waals surface area contributed by atoms with Crippen molar-refractivity contribution in [2.24, 2.45) is 0 Å². The lowest BCUT2D eigenvalue weighted by molar-refractivity contribution is -0.276. The largest absolute Gasteiger partial charge is 0.574 e. The van der Waals surface area contributed by atoms with E-state index in [9.17, 15) is 22.4 Å². The molecule has 16 heavy (non-hydrogen) atoms. The highest BCUT2D eigenvalue weighted by molar-refractivity contribution is 14.1. The quantitative estimate of drug-likeness (QED) is 0.479. The van der Waals surface area contributed by atoms with Crippen LogP contribution in [0, 0.1) is 3.57 Å². The number of hydrogen-bond acceptors (Lipinski definition) is 3. The van der Waals surface area contributed by atoms with Gasteiger partial charge in [0.05, 0.1) is 9.26 Å². The van der Waals surface area contributed by atoms with Crippen molar-refractivity contribution in [3.05, 3.63) is 20.9 Å². The van der Waals surface area contributed by atoms with Gasteiger partial charge < -0.3 is 4.74 Å². The fourth-order valence-corrected chi connectivity index (χ4v) is 1.48. The zero-order valence-electron chi connectivity index (χ0n) is 7.52. The monoisotopic (exact) mass is 349 g/mol. The molecule has 88 valence electrons. The highest BCUT2D eigenvalue weighted by Gasteiger charge is 2.33. The van der Waals surface area contributed by atoms with Crippen LogP contribution in [0.2, 0.25) is 0 Å². The summed E-state index contributed by atoms with van der Waals surface area (Å²) >= 11 is 1.51. The topological polar surface area (TPSA) is 39.2 Å². The van der Waals surface area contributed by atoms with Crippen LogP contribution in [-0.4, -0.2) is 17.6 Å². The first-order valence-corrected chi connectivity index (χ1v) is 4.91. The molecule has 0 amide bonds. The lowest BCUT2D eigenvalue weighted by Gasteiger charge is -2.11. The molecule has 0 aliphatic rings. The van der Waals surface area contributed by atoms with E-state index in [1.807, 2.05) is 0 Å². The van der Waals surface area contributed by atoms with Gasteiger partial charge in [-0.15, -0.1) is 13.2 Å². The Hall–Kier alpha value is -0.930. The molecule has 0 atom stereocenters. The molecule has 1 rings (SSSR count). The van der Waals surface area contributed by atoms with Crippen molar-refractivity contribution in [1.29, 1.82) is 0 Å². The molecule has 0 spiro atoms. The predicted octanol–water partition coefficient (Wildman–Crippen LogP) is 2.87. The maximum atomic E-state index is 12.4. The predicted molar refractivity (Wildman–Crippen MR) is 53.8 cm³/mol. The number of halogens is 5. The van der Waals surface area contributed by atoms with Crippen LogP contribution in [0.4, 0.5) is 17.6 Å². The summed E-state index contributed by atoms with van der Waals surface area (Å²) in [7, 11) is 0. The van der Waals surface area contributed by atoms with Gasteiger partial charge in [-0.05, 0) is 28.7 Å². The third kappa shape index (κ3) is 3.29. The van der Waals surface area contributed by atoms with Crippen molar-refractivity contribution in [2.75, 3.05) is 0 Å². The summed E-state index contributed by atoms with van der Waals surface area (Å²) in [5.74, 6) is -0.758. The van der Waals surface area contributed by atoms with E-state index in [1.54, 1.807) is 0 Å². The highest BCUT2D eigenvalue weighted by atomic mass is 127. The minimum absolute atomic E-state index is 0.0192. The maximum Gasteiger partial charge on any atom is 0.574 e. The molecule has 0 aliphatic heterocycles. The van der Waals surface area contributed by atoms with E-state index in [0.29, 0.717) is 6.29 Å². The Labute approximate surface area is 101 Å². The van der Waals surface area contributed by atoms with Crippen LogP contribution in [0.3, 0.4) is 0 Å². The van der Waals surface area contributed by atoms with Crippen LogP contribution in [0.5, 0.6) is 5.88 Å². The average Bonchev–Trinajstić information content (AvgIpc) is 2.18. The first kappa shape index (κ1) is 13.1. The van der Waals surface area contributed by atoms with E-state index in [2.05, 4.69) is 9.72 Å². The Kier molecular flexibility index (Phi) is 4.05. The minimum atomic E-state index is -4.90. The van der Waals surface area contributed by atoms with Crippen LogP contribution < -0.4 is 4.74 Å². The summed E-state index contributed by atoms with van der Waals surface area (Å²) in [6, 6.07) is 1.08. The Morgan fingerprint density at radius 2 is 2.12 bits per heavy atom. The van der Waals surface area contributed by atoms with E-state index < -0.39 is 18.9 Å². The second-order valence-corrected chi connectivity index (χ2v) is 3.77. The molecule has 0 bridgehead atoms.